The number of rotatable bonds is 3. The summed E-state index contributed by atoms with van der Waals surface area (Å²) in [4.78, 5) is 14.3. The average Bonchev–Trinajstić information content (AvgIpc) is 2.56. The number of thioether (sulfide) groups is 1. The zero-order valence-corrected chi connectivity index (χ0v) is 17.2. The summed E-state index contributed by atoms with van der Waals surface area (Å²) >= 11 is 4.72. The summed E-state index contributed by atoms with van der Waals surface area (Å²) in [6.07, 6.45) is 0. The van der Waals surface area contributed by atoms with Crippen molar-refractivity contribution in [3.8, 4) is 0 Å². The third-order valence-electron chi connectivity index (χ3n) is 3.85. The number of fused-ring (bicyclic) bond motifs is 1. The predicted octanol–water partition coefficient (Wildman–Crippen LogP) is 4.24. The molecule has 3 rings (SSSR count). The maximum atomic E-state index is 14.0. The molecule has 1 aliphatic heterocycles. The molecule has 0 aliphatic carbocycles. The number of anilines is 2. The fraction of sp³-hybridized carbons (Fsp3) is 0.235. The van der Waals surface area contributed by atoms with Gasteiger partial charge in [-0.15, -0.1) is 11.8 Å². The van der Waals surface area contributed by atoms with E-state index in [-0.39, 0.29) is 21.7 Å². The smallest absolute Gasteiger partial charge is 0.262 e. The van der Waals surface area contributed by atoms with Gasteiger partial charge in [-0.2, -0.15) is 0 Å². The number of nitrogens with zero attached hydrogens (tertiary/aromatic N) is 1. The second-order valence-corrected chi connectivity index (χ2v) is 10.00. The molecule has 2 aromatic rings. The van der Waals surface area contributed by atoms with Gasteiger partial charge < -0.3 is 4.90 Å². The summed E-state index contributed by atoms with van der Waals surface area (Å²) in [6, 6.07) is 8.66. The fourth-order valence-electron chi connectivity index (χ4n) is 2.66. The molecule has 0 bridgehead atoms. The molecule has 2 aromatic carbocycles. The summed E-state index contributed by atoms with van der Waals surface area (Å²) < 4.78 is 42.1. The van der Waals surface area contributed by atoms with Crippen LogP contribution in [-0.4, -0.2) is 26.1 Å². The van der Waals surface area contributed by atoms with Gasteiger partial charge in [0, 0.05) is 28.1 Å². The van der Waals surface area contributed by atoms with E-state index in [1.54, 1.807) is 28.8 Å². The van der Waals surface area contributed by atoms with E-state index in [0.29, 0.717) is 16.7 Å². The number of hydrogen-bond donors (Lipinski definition) is 1. The molecule has 1 atom stereocenters. The van der Waals surface area contributed by atoms with Crippen LogP contribution in [0.3, 0.4) is 0 Å². The fourth-order valence-corrected chi connectivity index (χ4v) is 5.17. The molecule has 26 heavy (non-hydrogen) atoms. The van der Waals surface area contributed by atoms with Crippen LogP contribution >= 0.6 is 27.7 Å². The zero-order valence-electron chi connectivity index (χ0n) is 14.0. The van der Waals surface area contributed by atoms with Gasteiger partial charge in [-0.3, -0.25) is 9.52 Å². The molecule has 1 unspecified atom stereocenters. The number of amides is 1. The van der Waals surface area contributed by atoms with Crippen molar-refractivity contribution in [3.63, 3.8) is 0 Å². The van der Waals surface area contributed by atoms with Gasteiger partial charge >= 0.3 is 0 Å². The highest BCUT2D eigenvalue weighted by atomic mass is 79.9. The second kappa shape index (κ2) is 7.21. The Kier molecular flexibility index (Phi) is 5.32. The molecule has 138 valence electrons. The van der Waals surface area contributed by atoms with E-state index >= 15 is 0 Å². The summed E-state index contributed by atoms with van der Waals surface area (Å²) in [5.41, 5.74) is 0.414. The molecule has 1 amide bonds. The molecule has 0 fully saturated rings. The number of sulfonamides is 1. The Bertz CT molecular complexity index is 982. The maximum Gasteiger partial charge on any atom is 0.262 e. The van der Waals surface area contributed by atoms with Crippen molar-refractivity contribution in [2.75, 3.05) is 16.2 Å². The number of carbonyl (C=O) groups excluding carboxylic acids is 1. The average molecular weight is 459 g/mol. The van der Waals surface area contributed by atoms with Crippen LogP contribution in [0.25, 0.3) is 0 Å². The molecule has 5 nitrogen and oxygen atoms in total. The third-order valence-corrected chi connectivity index (χ3v) is 6.86. The molecule has 0 spiro atoms. The first-order valence-corrected chi connectivity index (χ1v) is 10.9. The normalized spacial score (nSPS) is 16.9. The minimum absolute atomic E-state index is 0.0278. The first kappa shape index (κ1) is 19.2. The molecule has 9 heteroatoms. The van der Waals surface area contributed by atoms with Crippen LogP contribution < -0.4 is 9.62 Å². The van der Waals surface area contributed by atoms with E-state index in [2.05, 4.69) is 20.7 Å². The van der Waals surface area contributed by atoms with Crippen LogP contribution in [0.4, 0.5) is 15.8 Å². The minimum Gasteiger partial charge on any atom is -0.310 e. The highest BCUT2D eigenvalue weighted by Crippen LogP contribution is 2.40. The second-order valence-electron chi connectivity index (χ2n) is 5.92. The third kappa shape index (κ3) is 3.89. The largest absolute Gasteiger partial charge is 0.310 e. The van der Waals surface area contributed by atoms with Crippen LogP contribution in [0.2, 0.25) is 0 Å². The van der Waals surface area contributed by atoms with Crippen molar-refractivity contribution in [1.82, 2.24) is 0 Å². The standard InChI is InChI=1S/C17H16BrFN2O3S2/c1-10-9-21(11(2)22)16-8-13(4-6-17(16)25-10)26(23,24)20-15-5-3-12(18)7-14(15)19/h3-8,10,20H,9H2,1-2H3. The van der Waals surface area contributed by atoms with Crippen molar-refractivity contribution >= 4 is 55.0 Å². The molecular formula is C17H16BrFN2O3S2. The van der Waals surface area contributed by atoms with E-state index in [9.17, 15) is 17.6 Å². The van der Waals surface area contributed by atoms with Gasteiger partial charge in [0.1, 0.15) is 5.82 Å². The maximum absolute atomic E-state index is 14.0. The van der Waals surface area contributed by atoms with Crippen LogP contribution in [0.5, 0.6) is 0 Å². The molecule has 1 heterocycles. The van der Waals surface area contributed by atoms with Crippen molar-refractivity contribution in [1.29, 1.82) is 0 Å². The van der Waals surface area contributed by atoms with E-state index in [1.807, 2.05) is 6.92 Å². The van der Waals surface area contributed by atoms with Crippen LogP contribution in [0.1, 0.15) is 13.8 Å². The summed E-state index contributed by atoms with van der Waals surface area (Å²) in [5.74, 6) is -0.837. The lowest BCUT2D eigenvalue weighted by Gasteiger charge is -2.32. The lowest BCUT2D eigenvalue weighted by atomic mass is 10.2. The number of benzene rings is 2. The van der Waals surface area contributed by atoms with Gasteiger partial charge in [0.05, 0.1) is 16.3 Å². The van der Waals surface area contributed by atoms with Gasteiger partial charge in [-0.1, -0.05) is 22.9 Å². The lowest BCUT2D eigenvalue weighted by molar-refractivity contribution is -0.116. The Morgan fingerprint density at radius 1 is 1.31 bits per heavy atom. The molecule has 0 aromatic heterocycles. The van der Waals surface area contributed by atoms with E-state index in [0.717, 1.165) is 4.90 Å². The minimum atomic E-state index is -4.00. The Morgan fingerprint density at radius 3 is 2.69 bits per heavy atom. The zero-order chi connectivity index (χ0) is 19.1. The Hall–Kier alpha value is -1.58. The predicted molar refractivity (Wildman–Crippen MR) is 105 cm³/mol. The van der Waals surface area contributed by atoms with Gasteiger partial charge in [-0.05, 0) is 36.4 Å². The molecular weight excluding hydrogens is 443 g/mol. The first-order chi connectivity index (χ1) is 12.2. The summed E-state index contributed by atoms with van der Waals surface area (Å²) in [5, 5.41) is 0.212. The summed E-state index contributed by atoms with van der Waals surface area (Å²) in [7, 11) is -4.00. The Balaban J connectivity index is 1.98. The van der Waals surface area contributed by atoms with E-state index in [4.69, 9.17) is 0 Å². The van der Waals surface area contributed by atoms with Crippen molar-refractivity contribution in [2.24, 2.45) is 0 Å². The van der Waals surface area contributed by atoms with Crippen molar-refractivity contribution in [2.45, 2.75) is 28.9 Å². The molecule has 0 saturated heterocycles. The van der Waals surface area contributed by atoms with E-state index in [1.165, 1.54) is 31.2 Å². The first-order valence-electron chi connectivity index (χ1n) is 7.74. The van der Waals surface area contributed by atoms with Gasteiger partial charge in [0.25, 0.3) is 10.0 Å². The van der Waals surface area contributed by atoms with Gasteiger partial charge in [-0.25, -0.2) is 12.8 Å². The lowest BCUT2D eigenvalue weighted by Crippen LogP contribution is -2.37. The van der Waals surface area contributed by atoms with Crippen molar-refractivity contribution < 1.29 is 17.6 Å². The molecule has 0 saturated carbocycles. The quantitative estimate of drug-likeness (QED) is 0.746. The number of hydrogen-bond acceptors (Lipinski definition) is 4. The molecule has 1 aliphatic rings. The summed E-state index contributed by atoms with van der Waals surface area (Å²) in [6.45, 7) is 3.96. The topological polar surface area (TPSA) is 66.5 Å². The van der Waals surface area contributed by atoms with Crippen LogP contribution in [-0.2, 0) is 14.8 Å². The molecule has 0 radical (unpaired) electrons. The van der Waals surface area contributed by atoms with Gasteiger partial charge in [0.2, 0.25) is 5.91 Å². The highest BCUT2D eigenvalue weighted by molar-refractivity contribution is 9.10. The Morgan fingerprint density at radius 2 is 2.04 bits per heavy atom. The van der Waals surface area contributed by atoms with Crippen LogP contribution in [0, 0.1) is 5.82 Å². The van der Waals surface area contributed by atoms with Gasteiger partial charge in [0.15, 0.2) is 0 Å². The monoisotopic (exact) mass is 458 g/mol. The number of carbonyl (C=O) groups is 1. The van der Waals surface area contributed by atoms with Crippen molar-refractivity contribution in [3.05, 3.63) is 46.7 Å². The Labute approximate surface area is 164 Å². The SMILES string of the molecule is CC(=O)N1CC(C)Sc2ccc(S(=O)(=O)Nc3ccc(Br)cc3F)cc21. The number of nitrogens with one attached hydrogen (secondary N) is 1. The van der Waals surface area contributed by atoms with E-state index < -0.39 is 15.8 Å². The molecule has 1 N–H and O–H groups in total. The van der Waals surface area contributed by atoms with Crippen LogP contribution in [0.15, 0.2) is 50.7 Å². The number of halogens is 2. The highest BCUT2D eigenvalue weighted by Gasteiger charge is 2.27.